The lowest BCUT2D eigenvalue weighted by Gasteiger charge is -2.49. The number of amides is 2. The molecule has 55 heavy (non-hydrogen) atoms. The summed E-state index contributed by atoms with van der Waals surface area (Å²) in [4.78, 5) is 59.8. The number of hydrogen-bond donors (Lipinski definition) is 3. The van der Waals surface area contributed by atoms with Gasteiger partial charge in [0.25, 0.3) is 11.8 Å². The van der Waals surface area contributed by atoms with Gasteiger partial charge in [0.15, 0.2) is 20.8 Å². The molecule has 12 nitrogen and oxygen atoms in total. The maximum atomic E-state index is 13.8. The molecule has 16 heteroatoms. The van der Waals surface area contributed by atoms with E-state index >= 15 is 0 Å². The van der Waals surface area contributed by atoms with Crippen LogP contribution in [-0.4, -0.2) is 78.5 Å². The van der Waals surface area contributed by atoms with E-state index in [1.807, 2.05) is 66.7 Å². The van der Waals surface area contributed by atoms with Crippen LogP contribution in [0.25, 0.3) is 10.3 Å². The predicted octanol–water partition coefficient (Wildman–Crippen LogP) is 6.43. The molecule has 2 aliphatic heterocycles. The highest BCUT2D eigenvalue weighted by molar-refractivity contribution is 8.02. The number of anilines is 1. The third-order valence-corrected chi connectivity index (χ3v) is 13.4. The Labute approximate surface area is 331 Å². The van der Waals surface area contributed by atoms with Crippen molar-refractivity contribution in [1.29, 1.82) is 0 Å². The zero-order chi connectivity index (χ0) is 37.9. The van der Waals surface area contributed by atoms with E-state index in [-0.39, 0.29) is 17.1 Å². The van der Waals surface area contributed by atoms with Gasteiger partial charge in [-0.05, 0) is 34.4 Å². The number of nitrogens with zero attached hydrogens (tertiary/aromatic N) is 5. The molecule has 1 unspecified atom stereocenters. The van der Waals surface area contributed by atoms with Gasteiger partial charge in [-0.1, -0.05) is 108 Å². The Balaban J connectivity index is 1.02. The molecule has 3 N–H and O–H groups in total. The number of carbonyl (C=O) groups is 3. The Morgan fingerprint density at radius 3 is 2.22 bits per heavy atom. The molecule has 0 bridgehead atoms. The molecule has 2 atom stereocenters. The van der Waals surface area contributed by atoms with Gasteiger partial charge < -0.3 is 20.6 Å². The summed E-state index contributed by atoms with van der Waals surface area (Å²) in [6.07, 6.45) is 1.68. The number of β-lactam (4-membered cyclic amide) rings is 1. The highest BCUT2D eigenvalue weighted by atomic mass is 32.2. The summed E-state index contributed by atoms with van der Waals surface area (Å²) < 4.78 is 1.70. The fraction of sp³-hybridized carbons (Fsp3) is 0.154. The van der Waals surface area contributed by atoms with Crippen LogP contribution in [-0.2, 0) is 24.8 Å². The molecule has 0 spiro atoms. The molecular formula is C39H31N7O5S4. The normalized spacial score (nSPS) is 17.1. The quantitative estimate of drug-likeness (QED) is 0.0388. The van der Waals surface area contributed by atoms with Gasteiger partial charge in [-0.2, -0.15) is 0 Å². The van der Waals surface area contributed by atoms with E-state index in [0.717, 1.165) is 25.7 Å². The van der Waals surface area contributed by atoms with Crippen LogP contribution >= 0.6 is 46.2 Å². The van der Waals surface area contributed by atoms with Crippen LogP contribution in [0.4, 0.5) is 5.13 Å². The third kappa shape index (κ3) is 6.97. The number of rotatable bonds is 13. The highest BCUT2D eigenvalue weighted by Crippen LogP contribution is 2.43. The number of fused-ring (bicyclic) bond motifs is 2. The first-order chi connectivity index (χ1) is 26.9. The first-order valence-corrected chi connectivity index (χ1v) is 20.7. The van der Waals surface area contributed by atoms with Crippen molar-refractivity contribution >= 4 is 85.2 Å². The summed E-state index contributed by atoms with van der Waals surface area (Å²) in [6.45, 7) is 0. The van der Waals surface area contributed by atoms with Gasteiger partial charge in [0.1, 0.15) is 35.5 Å². The number of oxime groups is 1. The minimum Gasteiger partial charge on any atom is -0.477 e. The zero-order valence-corrected chi connectivity index (χ0v) is 32.3. The molecule has 8 rings (SSSR count). The van der Waals surface area contributed by atoms with Crippen LogP contribution in [0.2, 0.25) is 0 Å². The Hall–Kier alpha value is -5.55. The van der Waals surface area contributed by atoms with Crippen molar-refractivity contribution in [2.24, 2.45) is 5.16 Å². The molecule has 0 radical (unpaired) electrons. The van der Waals surface area contributed by atoms with Crippen LogP contribution in [0.1, 0.15) is 22.4 Å². The van der Waals surface area contributed by atoms with E-state index < -0.39 is 34.7 Å². The number of carbonyl (C=O) groups excluding carboxylic acids is 2. The number of aromatic nitrogens is 3. The number of aliphatic carboxylic acids is 1. The van der Waals surface area contributed by atoms with E-state index in [9.17, 15) is 19.5 Å². The molecule has 5 heterocycles. The summed E-state index contributed by atoms with van der Waals surface area (Å²) in [5.41, 5.74) is 3.39. The highest BCUT2D eigenvalue weighted by Gasteiger charge is 2.54. The number of hydrogen-bond acceptors (Lipinski definition) is 13. The molecule has 2 aliphatic rings. The summed E-state index contributed by atoms with van der Waals surface area (Å²) in [5, 5.41) is 22.3. The van der Waals surface area contributed by atoms with Crippen LogP contribution in [0.5, 0.6) is 0 Å². The number of pyridine rings is 1. The summed E-state index contributed by atoms with van der Waals surface area (Å²) in [5.74, 6) is -1.70. The van der Waals surface area contributed by atoms with E-state index in [1.165, 1.54) is 58.2 Å². The molecule has 0 aliphatic carbocycles. The van der Waals surface area contributed by atoms with Gasteiger partial charge in [0, 0.05) is 23.1 Å². The van der Waals surface area contributed by atoms with E-state index in [1.54, 1.807) is 11.6 Å². The Kier molecular flexibility index (Phi) is 10.4. The standard InChI is InChI=1S/C39H31N7O5S4/c1-51-45-29(27-22-53-37(41-27)44-39(24-12-5-2-6-13-24,25-14-7-3-8-15-25)26-16-9-4-10-17-26)33(47)42-30-34(48)46-31(36(49)50)23(20-52-35(30)46)21-54-38-43-32-28(55-38)18-11-19-40-32/h2-19,22,30,35H,20-21H2,1H3,(H,41,44)(H,42,47)(H,49,50)/t30?,35-/m0/s1. The molecule has 1 saturated heterocycles. The molecule has 3 aromatic heterocycles. The van der Waals surface area contributed by atoms with Gasteiger partial charge >= 0.3 is 5.97 Å². The number of nitrogens with one attached hydrogen (secondary N) is 2. The number of carboxylic acids is 1. The van der Waals surface area contributed by atoms with Crippen molar-refractivity contribution in [3.05, 3.63) is 148 Å². The van der Waals surface area contributed by atoms with Gasteiger partial charge in [0.05, 0.1) is 4.70 Å². The molecule has 1 fully saturated rings. The molecule has 3 aromatic carbocycles. The van der Waals surface area contributed by atoms with Crippen molar-refractivity contribution in [1.82, 2.24) is 25.2 Å². The second-order valence-corrected chi connectivity index (χ2v) is 16.6. The maximum Gasteiger partial charge on any atom is 0.352 e. The molecule has 6 aromatic rings. The second-order valence-electron chi connectivity index (χ2n) is 12.3. The predicted molar refractivity (Wildman–Crippen MR) is 216 cm³/mol. The van der Waals surface area contributed by atoms with Crippen LogP contribution in [0.3, 0.4) is 0 Å². The fourth-order valence-electron chi connectivity index (χ4n) is 6.64. The number of thioether (sulfide) groups is 2. The van der Waals surface area contributed by atoms with Crippen LogP contribution in [0, 0.1) is 0 Å². The number of benzene rings is 3. The first kappa shape index (κ1) is 36.4. The van der Waals surface area contributed by atoms with Crippen molar-refractivity contribution in [3.8, 4) is 0 Å². The average Bonchev–Trinajstić information content (AvgIpc) is 3.87. The monoisotopic (exact) mass is 805 g/mol. The van der Waals surface area contributed by atoms with Crippen molar-refractivity contribution in [2.45, 2.75) is 21.3 Å². The molecule has 276 valence electrons. The van der Waals surface area contributed by atoms with Crippen LogP contribution in [0.15, 0.2) is 135 Å². The summed E-state index contributed by atoms with van der Waals surface area (Å²) in [7, 11) is 1.32. The van der Waals surface area contributed by atoms with Crippen molar-refractivity contribution < 1.29 is 24.3 Å². The second kappa shape index (κ2) is 15.7. The fourth-order valence-corrected chi connectivity index (χ4v) is 10.9. The zero-order valence-electron chi connectivity index (χ0n) is 29.0. The van der Waals surface area contributed by atoms with Gasteiger partial charge in [0.2, 0.25) is 0 Å². The summed E-state index contributed by atoms with van der Waals surface area (Å²) >= 11 is 5.58. The van der Waals surface area contributed by atoms with Gasteiger partial charge in [-0.25, -0.2) is 19.7 Å². The topological polar surface area (TPSA) is 159 Å². The third-order valence-electron chi connectivity index (χ3n) is 9.11. The lowest BCUT2D eigenvalue weighted by atomic mass is 9.77. The average molecular weight is 806 g/mol. The Bertz CT molecular complexity index is 2310. The summed E-state index contributed by atoms with van der Waals surface area (Å²) in [6, 6.07) is 33.0. The van der Waals surface area contributed by atoms with E-state index in [0.29, 0.717) is 27.9 Å². The minimum atomic E-state index is -1.20. The number of carboxylic acid groups (broad SMARTS) is 1. The SMILES string of the molecule is CON=C(C(=O)NC1C(=O)N2C(C(=O)O)=C(CSc3nc4ncccc4s3)CS[C@@H]12)c1csc(NC(c2ccccc2)(c2ccccc2)c2ccccc2)n1. The smallest absolute Gasteiger partial charge is 0.352 e. The molecular weight excluding hydrogens is 775 g/mol. The van der Waals surface area contributed by atoms with Crippen LogP contribution < -0.4 is 10.6 Å². The largest absolute Gasteiger partial charge is 0.477 e. The Morgan fingerprint density at radius 2 is 1.62 bits per heavy atom. The van der Waals surface area contributed by atoms with Crippen molar-refractivity contribution in [2.75, 3.05) is 23.9 Å². The molecule has 0 saturated carbocycles. The van der Waals surface area contributed by atoms with E-state index in [4.69, 9.17) is 9.82 Å². The van der Waals surface area contributed by atoms with E-state index in [2.05, 4.69) is 62.2 Å². The van der Waals surface area contributed by atoms with Gasteiger partial charge in [-0.3, -0.25) is 14.5 Å². The lowest BCUT2D eigenvalue weighted by molar-refractivity contribution is -0.150. The number of thiazole rings is 2. The maximum absolute atomic E-state index is 13.8. The Morgan fingerprint density at radius 1 is 0.964 bits per heavy atom. The molecule has 2 amide bonds. The minimum absolute atomic E-state index is 0.0642. The lowest BCUT2D eigenvalue weighted by Crippen LogP contribution is -2.71. The first-order valence-electron chi connectivity index (χ1n) is 16.9. The van der Waals surface area contributed by atoms with Crippen molar-refractivity contribution in [3.63, 3.8) is 0 Å². The van der Waals surface area contributed by atoms with Gasteiger partial charge in [-0.15, -0.1) is 34.4 Å².